The topological polar surface area (TPSA) is 0 Å². The largest absolute Gasteiger partial charge is 0.120 e. The fraction of sp³-hybridized carbons (Fsp3) is 0.333. The van der Waals surface area contributed by atoms with E-state index in [9.17, 15) is 0 Å². The molecule has 2 rings (SSSR count). The standard InChI is InChI=1S/C13H17Cl.C8H10.C3H4/c1-3-5-11(2)8-9-12-6-4-7-13(14)10-12;1-2-8-6-4-3-5-7-8;1-3-2/h4,6-7,10H,2-3,5,8-9H2,1H3;3-7H,2H2,1H3;1H,2H3. The van der Waals surface area contributed by atoms with Crippen LogP contribution in [0.3, 0.4) is 0 Å². The monoisotopic (exact) mass is 354 g/mol. The quantitative estimate of drug-likeness (QED) is 0.371. The molecule has 0 spiro atoms. The number of benzene rings is 2. The Morgan fingerprint density at radius 1 is 1.00 bits per heavy atom. The molecule has 0 amide bonds. The molecule has 0 aromatic heterocycles. The van der Waals surface area contributed by atoms with E-state index in [1.165, 1.54) is 23.1 Å². The Hall–Kier alpha value is -1.97. The fourth-order valence-electron chi connectivity index (χ4n) is 2.21. The zero-order valence-electron chi connectivity index (χ0n) is 15.9. The number of rotatable bonds is 6. The summed E-state index contributed by atoms with van der Waals surface area (Å²) in [7, 11) is 0. The second-order valence-electron chi connectivity index (χ2n) is 5.76. The fourth-order valence-corrected chi connectivity index (χ4v) is 2.42. The molecule has 0 fully saturated rings. The Bertz CT molecular complexity index is 620. The Kier molecular flexibility index (Phi) is 14.3. The highest BCUT2D eigenvalue weighted by Crippen LogP contribution is 2.15. The summed E-state index contributed by atoms with van der Waals surface area (Å²) in [5.41, 5.74) is 4.05. The second kappa shape index (κ2) is 15.6. The van der Waals surface area contributed by atoms with Crippen molar-refractivity contribution in [1.82, 2.24) is 0 Å². The molecule has 0 bridgehead atoms. The molecule has 0 saturated carbocycles. The van der Waals surface area contributed by atoms with Crippen LogP contribution >= 0.6 is 11.6 Å². The zero-order valence-corrected chi connectivity index (χ0v) is 16.7. The van der Waals surface area contributed by atoms with Crippen molar-refractivity contribution < 1.29 is 0 Å². The molecule has 0 radical (unpaired) electrons. The number of aryl methyl sites for hydroxylation is 2. The van der Waals surface area contributed by atoms with Gasteiger partial charge in [0.05, 0.1) is 0 Å². The van der Waals surface area contributed by atoms with E-state index < -0.39 is 0 Å². The number of allylic oxidation sites excluding steroid dienone is 1. The van der Waals surface area contributed by atoms with Crippen molar-refractivity contribution in [1.29, 1.82) is 0 Å². The van der Waals surface area contributed by atoms with Gasteiger partial charge in [0.2, 0.25) is 0 Å². The summed E-state index contributed by atoms with van der Waals surface area (Å²) >= 11 is 5.90. The van der Waals surface area contributed by atoms with Gasteiger partial charge in [0.25, 0.3) is 0 Å². The number of hydrogen-bond acceptors (Lipinski definition) is 0. The van der Waals surface area contributed by atoms with Crippen LogP contribution in [0.15, 0.2) is 66.7 Å². The molecule has 0 aliphatic rings. The van der Waals surface area contributed by atoms with E-state index >= 15 is 0 Å². The Morgan fingerprint density at radius 3 is 2.08 bits per heavy atom. The van der Waals surface area contributed by atoms with Crippen LogP contribution in [-0.2, 0) is 12.8 Å². The summed E-state index contributed by atoms with van der Waals surface area (Å²) in [6, 6.07) is 18.5. The van der Waals surface area contributed by atoms with Gasteiger partial charge in [-0.05, 0) is 55.9 Å². The smallest absolute Gasteiger partial charge is 0.0408 e. The third kappa shape index (κ3) is 13.0. The van der Waals surface area contributed by atoms with Gasteiger partial charge in [0.1, 0.15) is 0 Å². The maximum atomic E-state index is 5.90. The van der Waals surface area contributed by atoms with Crippen LogP contribution in [0.25, 0.3) is 0 Å². The first-order valence-electron chi connectivity index (χ1n) is 8.89. The maximum Gasteiger partial charge on any atom is 0.0408 e. The molecule has 2 aromatic rings. The molecule has 0 unspecified atom stereocenters. The van der Waals surface area contributed by atoms with E-state index in [1.54, 1.807) is 6.92 Å². The molecule has 0 N–H and O–H groups in total. The van der Waals surface area contributed by atoms with Crippen molar-refractivity contribution in [2.75, 3.05) is 0 Å². The lowest BCUT2D eigenvalue weighted by molar-refractivity contribution is 0.822. The van der Waals surface area contributed by atoms with E-state index in [4.69, 9.17) is 11.6 Å². The van der Waals surface area contributed by atoms with Crippen LogP contribution < -0.4 is 0 Å². The zero-order chi connectivity index (χ0) is 18.9. The number of terminal acetylenes is 1. The second-order valence-corrected chi connectivity index (χ2v) is 6.19. The van der Waals surface area contributed by atoms with Crippen molar-refractivity contribution in [3.05, 3.63) is 82.9 Å². The predicted octanol–water partition coefficient (Wildman–Crippen LogP) is 7.52. The van der Waals surface area contributed by atoms with Gasteiger partial charge in [-0.2, -0.15) is 0 Å². The van der Waals surface area contributed by atoms with E-state index in [1.807, 2.05) is 24.3 Å². The van der Waals surface area contributed by atoms with E-state index in [0.29, 0.717) is 0 Å². The van der Waals surface area contributed by atoms with Crippen LogP contribution in [-0.4, -0.2) is 0 Å². The Morgan fingerprint density at radius 2 is 1.60 bits per heavy atom. The van der Waals surface area contributed by atoms with Gasteiger partial charge in [0.15, 0.2) is 0 Å². The van der Waals surface area contributed by atoms with Gasteiger partial charge in [-0.1, -0.05) is 86.5 Å². The molecule has 25 heavy (non-hydrogen) atoms. The first-order chi connectivity index (χ1) is 12.1. The molecule has 0 heterocycles. The van der Waals surface area contributed by atoms with Crippen LogP contribution in [0.1, 0.15) is 51.2 Å². The van der Waals surface area contributed by atoms with Crippen molar-refractivity contribution >= 4 is 11.6 Å². The lowest BCUT2D eigenvalue weighted by Gasteiger charge is -2.04. The summed E-state index contributed by atoms with van der Waals surface area (Å²) in [5.74, 6) is 2.25. The summed E-state index contributed by atoms with van der Waals surface area (Å²) < 4.78 is 0. The summed E-state index contributed by atoms with van der Waals surface area (Å²) in [6.45, 7) is 10.0. The van der Waals surface area contributed by atoms with Gasteiger partial charge >= 0.3 is 0 Å². The van der Waals surface area contributed by atoms with Crippen molar-refractivity contribution in [3.63, 3.8) is 0 Å². The highest BCUT2D eigenvalue weighted by molar-refractivity contribution is 6.30. The third-order valence-corrected chi connectivity index (χ3v) is 3.75. The van der Waals surface area contributed by atoms with E-state index in [0.717, 1.165) is 30.7 Å². The lowest BCUT2D eigenvalue weighted by atomic mass is 10.0. The lowest BCUT2D eigenvalue weighted by Crippen LogP contribution is -1.88. The van der Waals surface area contributed by atoms with Crippen molar-refractivity contribution in [3.8, 4) is 12.3 Å². The maximum absolute atomic E-state index is 5.90. The molecule has 0 aliphatic heterocycles. The SMILES string of the molecule is C#CC.C=C(CCC)CCc1cccc(Cl)c1.CCc1ccccc1. The average molecular weight is 355 g/mol. The molecule has 1 heteroatoms. The third-order valence-electron chi connectivity index (χ3n) is 3.51. The number of hydrogen-bond donors (Lipinski definition) is 0. The minimum atomic E-state index is 0.823. The van der Waals surface area contributed by atoms with Crippen LogP contribution in [0.5, 0.6) is 0 Å². The summed E-state index contributed by atoms with van der Waals surface area (Å²) in [6.07, 6.45) is 10.2. The normalized spacial score (nSPS) is 8.92. The minimum Gasteiger partial charge on any atom is -0.120 e. The molecule has 0 aliphatic carbocycles. The Labute approximate surface area is 159 Å². The molecular formula is C24H31Cl. The first kappa shape index (κ1) is 23.0. The highest BCUT2D eigenvalue weighted by Gasteiger charge is 1.97. The van der Waals surface area contributed by atoms with Crippen LogP contribution in [0.2, 0.25) is 5.02 Å². The Balaban J connectivity index is 0.000000440. The van der Waals surface area contributed by atoms with Crippen LogP contribution in [0, 0.1) is 12.3 Å². The van der Waals surface area contributed by atoms with Gasteiger partial charge in [-0.25, -0.2) is 0 Å². The van der Waals surface area contributed by atoms with Crippen LogP contribution in [0.4, 0.5) is 0 Å². The molecule has 0 atom stereocenters. The number of halogens is 1. The molecule has 0 saturated heterocycles. The van der Waals surface area contributed by atoms with Gasteiger partial charge in [-0.3, -0.25) is 0 Å². The molecule has 2 aromatic carbocycles. The minimum absolute atomic E-state index is 0.823. The van der Waals surface area contributed by atoms with Gasteiger partial charge in [-0.15, -0.1) is 12.3 Å². The van der Waals surface area contributed by atoms with Gasteiger partial charge in [0, 0.05) is 5.02 Å². The first-order valence-corrected chi connectivity index (χ1v) is 9.27. The van der Waals surface area contributed by atoms with E-state index in [-0.39, 0.29) is 0 Å². The average Bonchev–Trinajstić information content (AvgIpc) is 2.62. The highest BCUT2D eigenvalue weighted by atomic mass is 35.5. The predicted molar refractivity (Wildman–Crippen MR) is 114 cm³/mol. The molecular weight excluding hydrogens is 324 g/mol. The molecule has 0 nitrogen and oxygen atoms in total. The van der Waals surface area contributed by atoms with Gasteiger partial charge < -0.3 is 0 Å². The summed E-state index contributed by atoms with van der Waals surface area (Å²) in [4.78, 5) is 0. The van der Waals surface area contributed by atoms with E-state index in [2.05, 4.69) is 63.1 Å². The van der Waals surface area contributed by atoms with Crippen molar-refractivity contribution in [2.45, 2.75) is 52.9 Å². The molecule has 134 valence electrons. The van der Waals surface area contributed by atoms with Crippen molar-refractivity contribution in [2.24, 2.45) is 0 Å². The summed E-state index contributed by atoms with van der Waals surface area (Å²) in [5, 5.41) is 0.823.